The van der Waals surface area contributed by atoms with Crippen LogP contribution in [0, 0.1) is 0 Å². The number of likely N-dealkylation sites (N-methyl/N-ethyl adjacent to an activating group) is 1. The van der Waals surface area contributed by atoms with Crippen LogP contribution in [0.2, 0.25) is 0 Å². The van der Waals surface area contributed by atoms with Gasteiger partial charge in [0.05, 0.1) is 40.3 Å². The molecule has 0 spiro atoms. The lowest BCUT2D eigenvalue weighted by atomic mass is 10.0. The third kappa shape index (κ3) is 59.4. The summed E-state index contributed by atoms with van der Waals surface area (Å²) < 4.78 is 22.7. The second kappa shape index (κ2) is 58.8. The van der Waals surface area contributed by atoms with Gasteiger partial charge in [-0.25, -0.2) is 0 Å². The maximum absolute atomic E-state index is 12.9. The number of ether oxygens (including phenoxy) is 4. The van der Waals surface area contributed by atoms with E-state index in [0.717, 1.165) is 109 Å². The molecular formula is C69H115NO8. The lowest BCUT2D eigenvalue weighted by Crippen LogP contribution is -2.44. The first-order valence-electron chi connectivity index (χ1n) is 31.2. The topological polar surface area (TPSA) is 111 Å². The number of carboxylic acids is 1. The Kier molecular flexibility index (Phi) is 55.6. The monoisotopic (exact) mass is 1090 g/mol. The van der Waals surface area contributed by atoms with E-state index in [9.17, 15) is 19.5 Å². The van der Waals surface area contributed by atoms with E-state index >= 15 is 0 Å². The fourth-order valence-corrected chi connectivity index (χ4v) is 8.21. The summed E-state index contributed by atoms with van der Waals surface area (Å²) in [4.78, 5) is 37.2. The normalized spacial score (nSPS) is 13.6. The molecule has 0 aromatic rings. The van der Waals surface area contributed by atoms with Gasteiger partial charge < -0.3 is 33.3 Å². The summed E-state index contributed by atoms with van der Waals surface area (Å²) in [6, 6.07) is 0. The van der Waals surface area contributed by atoms with Crippen LogP contribution in [0.3, 0.4) is 0 Å². The third-order valence-corrected chi connectivity index (χ3v) is 13.0. The molecule has 2 unspecified atom stereocenters. The summed E-state index contributed by atoms with van der Waals surface area (Å²) in [7, 11) is 5.91. The molecule has 78 heavy (non-hydrogen) atoms. The molecule has 0 N–H and O–H groups in total. The van der Waals surface area contributed by atoms with E-state index in [1.807, 2.05) is 21.1 Å². The first-order valence-corrected chi connectivity index (χ1v) is 31.2. The summed E-state index contributed by atoms with van der Waals surface area (Å²) in [5.41, 5.74) is 0. The Bertz CT molecular complexity index is 1690. The molecule has 0 saturated heterocycles. The molecule has 9 nitrogen and oxygen atoms in total. The van der Waals surface area contributed by atoms with Crippen LogP contribution in [0.5, 0.6) is 0 Å². The molecule has 0 saturated carbocycles. The predicted octanol–water partition coefficient (Wildman–Crippen LogP) is 17.5. The molecule has 0 aromatic carbocycles. The highest BCUT2D eigenvalue weighted by molar-refractivity contribution is 5.70. The molecule has 0 bridgehead atoms. The van der Waals surface area contributed by atoms with Gasteiger partial charge in [0.25, 0.3) is 0 Å². The molecule has 0 amide bonds. The van der Waals surface area contributed by atoms with Gasteiger partial charge in [-0.3, -0.25) is 9.59 Å². The van der Waals surface area contributed by atoms with Crippen LogP contribution in [0.4, 0.5) is 0 Å². The maximum atomic E-state index is 12.9. The van der Waals surface area contributed by atoms with Gasteiger partial charge in [0.2, 0.25) is 0 Å². The van der Waals surface area contributed by atoms with Crippen LogP contribution in [-0.4, -0.2) is 82.3 Å². The number of hydrogen-bond acceptors (Lipinski definition) is 8. The van der Waals surface area contributed by atoms with Gasteiger partial charge in [-0.1, -0.05) is 257 Å². The number of quaternary nitrogens is 1. The van der Waals surface area contributed by atoms with Gasteiger partial charge >= 0.3 is 11.9 Å². The van der Waals surface area contributed by atoms with Gasteiger partial charge in [0, 0.05) is 12.8 Å². The zero-order chi connectivity index (χ0) is 56.9. The number of unbranched alkanes of at least 4 members (excludes halogenated alkanes) is 21. The summed E-state index contributed by atoms with van der Waals surface area (Å²) in [6.45, 7) is 4.62. The van der Waals surface area contributed by atoms with Crippen LogP contribution in [0.1, 0.15) is 239 Å². The summed E-state index contributed by atoms with van der Waals surface area (Å²) in [5.74, 6) is -2.29. The molecule has 0 aliphatic carbocycles. The second-order valence-electron chi connectivity index (χ2n) is 21.6. The fraction of sp³-hybridized carbons (Fsp3) is 0.667. The largest absolute Gasteiger partial charge is 0.545 e. The lowest BCUT2D eigenvalue weighted by molar-refractivity contribution is -0.870. The Labute approximate surface area is 478 Å². The van der Waals surface area contributed by atoms with Crippen LogP contribution in [0.25, 0.3) is 0 Å². The Hall–Kier alpha value is -4.31. The van der Waals surface area contributed by atoms with Crippen LogP contribution >= 0.6 is 0 Å². The number of allylic oxidation sites excluding steroid dienone is 20. The summed E-state index contributed by atoms with van der Waals surface area (Å²) in [5, 5.41) is 11.8. The number of rotatable bonds is 56. The second-order valence-corrected chi connectivity index (χ2v) is 21.6. The Balaban J connectivity index is 4.10. The van der Waals surface area contributed by atoms with Gasteiger partial charge in [0.15, 0.2) is 12.4 Å². The molecule has 0 aromatic heterocycles. The highest BCUT2D eigenvalue weighted by Gasteiger charge is 2.22. The number of hydrogen-bond donors (Lipinski definition) is 0. The van der Waals surface area contributed by atoms with Crippen molar-refractivity contribution >= 4 is 17.9 Å². The Morgan fingerprint density at radius 1 is 0.397 bits per heavy atom. The van der Waals surface area contributed by atoms with E-state index in [1.165, 1.54) is 96.3 Å². The van der Waals surface area contributed by atoms with E-state index in [0.29, 0.717) is 17.4 Å². The van der Waals surface area contributed by atoms with Crippen LogP contribution in [-0.2, 0) is 33.3 Å². The third-order valence-electron chi connectivity index (χ3n) is 13.0. The van der Waals surface area contributed by atoms with Crippen molar-refractivity contribution in [3.63, 3.8) is 0 Å². The summed E-state index contributed by atoms with van der Waals surface area (Å²) in [6.07, 6.45) is 79.8. The predicted molar refractivity (Wildman–Crippen MR) is 329 cm³/mol. The highest BCUT2D eigenvalue weighted by Crippen LogP contribution is 2.15. The minimum atomic E-state index is -1.63. The average molecular weight is 1090 g/mol. The minimum absolute atomic E-state index is 0.143. The molecule has 9 heteroatoms. The molecular weight excluding hydrogens is 971 g/mol. The zero-order valence-electron chi connectivity index (χ0n) is 50.5. The Morgan fingerprint density at radius 3 is 1.09 bits per heavy atom. The van der Waals surface area contributed by atoms with E-state index in [-0.39, 0.29) is 38.6 Å². The van der Waals surface area contributed by atoms with Gasteiger partial charge in [-0.05, 0) is 89.9 Å². The number of carbonyl (C=O) groups is 3. The van der Waals surface area contributed by atoms with E-state index in [1.54, 1.807) is 0 Å². The Morgan fingerprint density at radius 2 is 0.731 bits per heavy atom. The SMILES string of the molecule is CC/C=C\C/C=C\C/C=C\C/C=C\C/C=C\C/C=C\C/C=C\C/C=C\C/C=C\C/C=C\CCCCCCCCCCCCC(=O)OC(COC(=O)CCCCCCCCCCCCCC)COC(OCC[N+](C)(C)C)C(=O)[O-]. The van der Waals surface area contributed by atoms with Crippen molar-refractivity contribution in [3.8, 4) is 0 Å². The van der Waals surface area contributed by atoms with Gasteiger partial charge in [0.1, 0.15) is 13.2 Å². The number of aliphatic carboxylic acids is 1. The van der Waals surface area contributed by atoms with Crippen molar-refractivity contribution in [2.24, 2.45) is 0 Å². The first-order chi connectivity index (χ1) is 38.1. The molecule has 0 aliphatic rings. The van der Waals surface area contributed by atoms with Crippen LogP contribution < -0.4 is 5.11 Å². The smallest absolute Gasteiger partial charge is 0.306 e. The number of esters is 2. The van der Waals surface area contributed by atoms with Gasteiger partial charge in [-0.15, -0.1) is 0 Å². The van der Waals surface area contributed by atoms with E-state index in [2.05, 4.69) is 135 Å². The zero-order valence-corrected chi connectivity index (χ0v) is 50.5. The van der Waals surface area contributed by atoms with E-state index in [4.69, 9.17) is 18.9 Å². The minimum Gasteiger partial charge on any atom is -0.545 e. The molecule has 0 rings (SSSR count). The standard InChI is InChI=1S/C69H115NO8/c1-6-8-10-12-14-16-18-20-21-22-23-24-25-26-27-28-29-30-31-32-33-34-35-36-37-38-39-40-41-42-43-44-45-46-47-48-50-52-54-56-58-60-67(72)78-65(64-77-69(68(73)74)75-62-61-70(3,4)5)63-76-66(71)59-57-55-53-51-49-19-17-15-13-11-9-7-2/h8,10,14,16,20-21,23-24,26-27,29-30,32-33,35-36,38-39,41-42,65,69H,6-7,9,11-13,15,17-19,22,25,28,31,34,37,40,43-64H2,1-5H3/b10-8-,16-14-,21-20-,24-23-,27-26-,30-29-,33-32-,36-35-,39-38-,42-41-. The van der Waals surface area contributed by atoms with Crippen molar-refractivity contribution in [1.29, 1.82) is 0 Å². The number of carbonyl (C=O) groups excluding carboxylic acids is 3. The quantitative estimate of drug-likeness (QED) is 0.0195. The summed E-state index contributed by atoms with van der Waals surface area (Å²) >= 11 is 0. The first kappa shape index (κ1) is 73.7. The fourth-order valence-electron chi connectivity index (χ4n) is 8.21. The molecule has 0 aliphatic heterocycles. The van der Waals surface area contributed by atoms with Crippen molar-refractivity contribution < 1.29 is 42.9 Å². The van der Waals surface area contributed by atoms with Crippen molar-refractivity contribution in [1.82, 2.24) is 0 Å². The molecule has 0 radical (unpaired) electrons. The number of carboxylic acid groups (broad SMARTS) is 1. The highest BCUT2D eigenvalue weighted by atomic mass is 16.7. The molecule has 444 valence electrons. The number of nitrogens with zero attached hydrogens (tertiary/aromatic N) is 1. The van der Waals surface area contributed by atoms with Crippen molar-refractivity contribution in [2.75, 3.05) is 47.5 Å². The van der Waals surface area contributed by atoms with Crippen molar-refractivity contribution in [3.05, 3.63) is 122 Å². The molecule has 2 atom stereocenters. The lowest BCUT2D eigenvalue weighted by Gasteiger charge is -2.26. The van der Waals surface area contributed by atoms with E-state index < -0.39 is 24.3 Å². The van der Waals surface area contributed by atoms with Crippen LogP contribution in [0.15, 0.2) is 122 Å². The van der Waals surface area contributed by atoms with Gasteiger partial charge in [-0.2, -0.15) is 0 Å². The van der Waals surface area contributed by atoms with Crippen molar-refractivity contribution in [2.45, 2.75) is 251 Å². The molecule has 0 fully saturated rings. The maximum Gasteiger partial charge on any atom is 0.306 e. The molecule has 0 heterocycles. The average Bonchev–Trinajstić information content (AvgIpc) is 3.41.